The molecule has 0 fully saturated rings. The lowest BCUT2D eigenvalue weighted by Gasteiger charge is -2.38. The highest BCUT2D eigenvalue weighted by atomic mass is 16.3. The van der Waals surface area contributed by atoms with E-state index in [9.17, 15) is 5.11 Å². The van der Waals surface area contributed by atoms with Crippen molar-refractivity contribution in [1.82, 2.24) is 0 Å². The zero-order valence-electron chi connectivity index (χ0n) is 11.7. The molecule has 2 heteroatoms. The molecule has 0 amide bonds. The van der Waals surface area contributed by atoms with E-state index in [4.69, 9.17) is 0 Å². The summed E-state index contributed by atoms with van der Waals surface area (Å²) in [4.78, 5) is 2.46. The number of aryl methyl sites for hydroxylation is 1. The van der Waals surface area contributed by atoms with Crippen molar-refractivity contribution in [3.8, 4) is 0 Å². The van der Waals surface area contributed by atoms with Gasteiger partial charge in [0, 0.05) is 24.2 Å². The van der Waals surface area contributed by atoms with E-state index in [0.29, 0.717) is 0 Å². The molecule has 2 rings (SSSR count). The minimum Gasteiger partial charge on any atom is -0.396 e. The first kappa shape index (κ1) is 13.4. The Hall–Kier alpha value is -1.02. The van der Waals surface area contributed by atoms with E-state index < -0.39 is 0 Å². The van der Waals surface area contributed by atoms with Crippen molar-refractivity contribution in [3.05, 3.63) is 29.8 Å². The summed E-state index contributed by atoms with van der Waals surface area (Å²) in [5, 5.41) is 9.67. The largest absolute Gasteiger partial charge is 0.396 e. The van der Waals surface area contributed by atoms with Gasteiger partial charge in [0.1, 0.15) is 0 Å². The predicted molar refractivity (Wildman–Crippen MR) is 77.1 cm³/mol. The van der Waals surface area contributed by atoms with E-state index in [0.717, 1.165) is 25.9 Å². The molecule has 1 atom stereocenters. The van der Waals surface area contributed by atoms with Gasteiger partial charge in [-0.05, 0) is 30.9 Å². The number of nitrogens with zero attached hydrogens (tertiary/aromatic N) is 1. The van der Waals surface area contributed by atoms with Crippen LogP contribution in [0.4, 0.5) is 5.69 Å². The molecule has 0 aliphatic carbocycles. The summed E-state index contributed by atoms with van der Waals surface area (Å²) in [5.74, 6) is 0. The van der Waals surface area contributed by atoms with Gasteiger partial charge in [0.25, 0.3) is 0 Å². The third-order valence-electron chi connectivity index (χ3n) is 4.01. The molecule has 0 saturated carbocycles. The van der Waals surface area contributed by atoms with Gasteiger partial charge in [-0.15, -0.1) is 0 Å². The molecule has 0 bridgehead atoms. The number of hydrogen-bond acceptors (Lipinski definition) is 2. The van der Waals surface area contributed by atoms with Crippen LogP contribution in [0.5, 0.6) is 0 Å². The van der Waals surface area contributed by atoms with E-state index >= 15 is 0 Å². The van der Waals surface area contributed by atoms with Crippen LogP contribution < -0.4 is 4.90 Å². The van der Waals surface area contributed by atoms with Crippen LogP contribution in [0.25, 0.3) is 0 Å². The molecule has 2 nitrogen and oxygen atoms in total. The average molecular weight is 247 g/mol. The highest BCUT2D eigenvalue weighted by Crippen LogP contribution is 2.31. The fourth-order valence-corrected chi connectivity index (χ4v) is 3.05. The molecule has 0 aromatic heterocycles. The summed E-state index contributed by atoms with van der Waals surface area (Å²) < 4.78 is 0. The zero-order valence-corrected chi connectivity index (χ0v) is 11.7. The van der Waals surface area contributed by atoms with Crippen molar-refractivity contribution in [1.29, 1.82) is 0 Å². The van der Waals surface area contributed by atoms with Crippen molar-refractivity contribution >= 4 is 5.69 Å². The van der Waals surface area contributed by atoms with Gasteiger partial charge in [-0.1, -0.05) is 38.5 Å². The molecule has 1 N–H and O–H groups in total. The van der Waals surface area contributed by atoms with Crippen molar-refractivity contribution in [3.63, 3.8) is 0 Å². The number of fused-ring (bicyclic) bond motifs is 1. The van der Waals surface area contributed by atoms with Crippen molar-refractivity contribution in [2.24, 2.45) is 5.41 Å². The number of anilines is 1. The van der Waals surface area contributed by atoms with Gasteiger partial charge >= 0.3 is 0 Å². The minimum atomic E-state index is 0.0270. The van der Waals surface area contributed by atoms with Crippen LogP contribution in [0.2, 0.25) is 0 Å². The zero-order chi connectivity index (χ0) is 13.0. The van der Waals surface area contributed by atoms with Crippen LogP contribution in [0.3, 0.4) is 0 Å². The molecule has 1 aliphatic rings. The second kappa shape index (κ2) is 5.75. The molecular formula is C16H25NO. The van der Waals surface area contributed by atoms with E-state index in [1.165, 1.54) is 24.1 Å². The summed E-state index contributed by atoms with van der Waals surface area (Å²) in [6, 6.07) is 8.70. The van der Waals surface area contributed by atoms with Gasteiger partial charge in [0.2, 0.25) is 0 Å². The Morgan fingerprint density at radius 2 is 2.11 bits per heavy atom. The Labute approximate surface area is 111 Å². The van der Waals surface area contributed by atoms with E-state index in [1.807, 2.05) is 0 Å². The third kappa shape index (κ3) is 2.86. The topological polar surface area (TPSA) is 23.5 Å². The van der Waals surface area contributed by atoms with Gasteiger partial charge in [-0.25, -0.2) is 0 Å². The van der Waals surface area contributed by atoms with Crippen molar-refractivity contribution < 1.29 is 5.11 Å². The molecule has 100 valence electrons. The molecule has 1 heterocycles. The highest BCUT2D eigenvalue weighted by molar-refractivity contribution is 5.55. The lowest BCUT2D eigenvalue weighted by atomic mass is 9.85. The molecule has 0 radical (unpaired) electrons. The van der Waals surface area contributed by atoms with Crippen LogP contribution >= 0.6 is 0 Å². The Morgan fingerprint density at radius 1 is 1.33 bits per heavy atom. The van der Waals surface area contributed by atoms with E-state index in [-0.39, 0.29) is 12.0 Å². The summed E-state index contributed by atoms with van der Waals surface area (Å²) in [6.45, 7) is 6.76. The number of para-hydroxylation sites is 1. The molecular weight excluding hydrogens is 222 g/mol. The summed E-state index contributed by atoms with van der Waals surface area (Å²) >= 11 is 0. The first-order valence-corrected chi connectivity index (χ1v) is 7.12. The Morgan fingerprint density at radius 3 is 2.83 bits per heavy atom. The van der Waals surface area contributed by atoms with Gasteiger partial charge in [0.15, 0.2) is 0 Å². The maximum Gasteiger partial charge on any atom is 0.0501 e. The highest BCUT2D eigenvalue weighted by Gasteiger charge is 2.27. The van der Waals surface area contributed by atoms with Crippen LogP contribution in [0, 0.1) is 5.41 Å². The molecule has 1 unspecified atom stereocenters. The Kier molecular flexibility index (Phi) is 4.28. The number of rotatable bonds is 5. The number of aliphatic hydroxyl groups excluding tert-OH is 1. The van der Waals surface area contributed by atoms with Crippen LogP contribution in [-0.4, -0.2) is 24.8 Å². The third-order valence-corrected chi connectivity index (χ3v) is 4.01. The Bertz CT molecular complexity index is 390. The van der Waals surface area contributed by atoms with E-state index in [1.54, 1.807) is 0 Å². The molecule has 0 saturated heterocycles. The molecule has 1 aliphatic heterocycles. The molecule has 0 spiro atoms. The van der Waals surface area contributed by atoms with Crippen LogP contribution in [0.1, 0.15) is 38.7 Å². The summed E-state index contributed by atoms with van der Waals surface area (Å²) in [7, 11) is 0. The summed E-state index contributed by atoms with van der Waals surface area (Å²) in [6.07, 6.45) is 4.63. The van der Waals surface area contributed by atoms with Crippen LogP contribution in [0.15, 0.2) is 24.3 Å². The van der Waals surface area contributed by atoms with E-state index in [2.05, 4.69) is 43.0 Å². The molecule has 1 aromatic rings. The normalized spacial score (nSPS) is 18.3. The predicted octanol–water partition coefficient (Wildman–Crippen LogP) is 3.24. The lowest BCUT2D eigenvalue weighted by Crippen LogP contribution is -2.41. The first-order valence-electron chi connectivity index (χ1n) is 7.12. The SMILES string of the molecule is CCCC(C)(CO)CN1CCCc2ccccc21. The standard InChI is InChI=1S/C16H25NO/c1-3-10-16(2,13-18)12-17-11-6-8-14-7-4-5-9-15(14)17/h4-5,7,9,18H,3,6,8,10-13H2,1-2H3. The number of hydrogen-bond donors (Lipinski definition) is 1. The molecule has 18 heavy (non-hydrogen) atoms. The second-order valence-electron chi connectivity index (χ2n) is 5.87. The monoisotopic (exact) mass is 247 g/mol. The maximum atomic E-state index is 9.67. The smallest absolute Gasteiger partial charge is 0.0501 e. The van der Waals surface area contributed by atoms with Crippen molar-refractivity contribution in [2.45, 2.75) is 39.5 Å². The lowest BCUT2D eigenvalue weighted by molar-refractivity contribution is 0.136. The fraction of sp³-hybridized carbons (Fsp3) is 0.625. The second-order valence-corrected chi connectivity index (χ2v) is 5.87. The Balaban J connectivity index is 2.15. The van der Waals surface area contributed by atoms with Gasteiger partial charge in [0.05, 0.1) is 6.61 Å². The summed E-state index contributed by atoms with van der Waals surface area (Å²) in [5.41, 5.74) is 2.86. The van der Waals surface area contributed by atoms with Gasteiger partial charge < -0.3 is 10.0 Å². The van der Waals surface area contributed by atoms with Gasteiger partial charge in [-0.3, -0.25) is 0 Å². The molecule has 1 aromatic carbocycles. The minimum absolute atomic E-state index is 0.0270. The average Bonchev–Trinajstić information content (AvgIpc) is 2.39. The maximum absolute atomic E-state index is 9.67. The van der Waals surface area contributed by atoms with Crippen LogP contribution in [-0.2, 0) is 6.42 Å². The first-order chi connectivity index (χ1) is 8.68. The number of benzene rings is 1. The fourth-order valence-electron chi connectivity index (χ4n) is 3.05. The van der Waals surface area contributed by atoms with Crippen molar-refractivity contribution in [2.75, 3.05) is 24.6 Å². The van der Waals surface area contributed by atoms with Gasteiger partial charge in [-0.2, -0.15) is 0 Å². The number of aliphatic hydroxyl groups is 1. The quantitative estimate of drug-likeness (QED) is 0.863.